The lowest BCUT2D eigenvalue weighted by Crippen LogP contribution is -2.43. The monoisotopic (exact) mass is 247 g/mol. The minimum Gasteiger partial charge on any atom is -0.314 e. The maximum absolute atomic E-state index is 12.6. The maximum Gasteiger partial charge on any atom is 0.248 e. The van der Waals surface area contributed by atoms with Gasteiger partial charge in [0.15, 0.2) is 0 Å². The lowest BCUT2D eigenvalue weighted by Gasteiger charge is -2.35. The molecule has 17 heavy (non-hydrogen) atoms. The van der Waals surface area contributed by atoms with Gasteiger partial charge in [-0.05, 0) is 44.1 Å². The Bertz CT molecular complexity index is 220. The molecule has 0 aliphatic heterocycles. The van der Waals surface area contributed by atoms with E-state index >= 15 is 0 Å². The zero-order chi connectivity index (χ0) is 13.1. The summed E-state index contributed by atoms with van der Waals surface area (Å²) in [5.41, 5.74) is 0. The molecule has 0 aromatic carbocycles. The van der Waals surface area contributed by atoms with Gasteiger partial charge in [-0.15, -0.1) is 0 Å². The quantitative estimate of drug-likeness (QED) is 0.714. The van der Waals surface area contributed by atoms with Crippen LogP contribution in [0, 0.1) is 17.8 Å². The highest BCUT2D eigenvalue weighted by Gasteiger charge is 2.44. The Balaban J connectivity index is 2.04. The molecule has 0 spiro atoms. The van der Waals surface area contributed by atoms with Crippen LogP contribution in [0.5, 0.6) is 0 Å². The van der Waals surface area contributed by atoms with Crippen LogP contribution in [0.2, 0.25) is 0 Å². The van der Waals surface area contributed by atoms with Gasteiger partial charge in [0.25, 0.3) is 0 Å². The molecule has 0 saturated heterocycles. The van der Waals surface area contributed by atoms with Crippen LogP contribution in [-0.2, 0) is 0 Å². The average Bonchev–Trinajstić information content (AvgIpc) is 2.19. The summed E-state index contributed by atoms with van der Waals surface area (Å²) in [7, 11) is 0. The zero-order valence-electron chi connectivity index (χ0n) is 11.6. The van der Waals surface area contributed by atoms with Crippen molar-refractivity contribution in [3.8, 4) is 0 Å². The fourth-order valence-electron chi connectivity index (χ4n) is 2.25. The first-order valence-electron chi connectivity index (χ1n) is 6.91. The van der Waals surface area contributed by atoms with Gasteiger partial charge < -0.3 is 5.32 Å². The molecule has 0 aromatic rings. The molecule has 1 nitrogen and oxygen atoms in total. The topological polar surface area (TPSA) is 12.0 Å². The van der Waals surface area contributed by atoms with E-state index in [1.54, 1.807) is 0 Å². The van der Waals surface area contributed by atoms with E-state index in [1.165, 1.54) is 6.42 Å². The largest absolute Gasteiger partial charge is 0.314 e. The van der Waals surface area contributed by atoms with Crippen molar-refractivity contribution in [3.63, 3.8) is 0 Å². The van der Waals surface area contributed by atoms with Gasteiger partial charge in [0.1, 0.15) is 0 Å². The Morgan fingerprint density at radius 3 is 2.18 bits per heavy atom. The molecule has 1 fully saturated rings. The fourth-order valence-corrected chi connectivity index (χ4v) is 2.25. The Kier molecular flexibility index (Phi) is 5.36. The van der Waals surface area contributed by atoms with Gasteiger partial charge in [0.05, 0.1) is 0 Å². The zero-order valence-corrected chi connectivity index (χ0v) is 11.6. The van der Waals surface area contributed by atoms with Gasteiger partial charge in [0, 0.05) is 18.9 Å². The predicted molar refractivity (Wildman–Crippen MR) is 68.4 cm³/mol. The van der Waals surface area contributed by atoms with Crippen molar-refractivity contribution < 1.29 is 8.78 Å². The van der Waals surface area contributed by atoms with Crippen LogP contribution in [0.4, 0.5) is 8.78 Å². The third-order valence-electron chi connectivity index (χ3n) is 4.12. The molecule has 3 heteroatoms. The van der Waals surface area contributed by atoms with Crippen molar-refractivity contribution in [3.05, 3.63) is 0 Å². The summed E-state index contributed by atoms with van der Waals surface area (Å²) in [6.07, 6.45) is 2.51. The lowest BCUT2D eigenvalue weighted by molar-refractivity contribution is -0.109. The standard InChI is InChI=1S/C14H27F2N/c1-10(2)11(3)5-6-12(4)17-9-13-7-14(15,16)8-13/h10-13,17H,5-9H2,1-4H3. The number of alkyl halides is 2. The first-order valence-corrected chi connectivity index (χ1v) is 6.91. The molecule has 1 aliphatic rings. The highest BCUT2D eigenvalue weighted by molar-refractivity contribution is 4.87. The minimum atomic E-state index is -2.37. The summed E-state index contributed by atoms with van der Waals surface area (Å²) in [6, 6.07) is 0.449. The maximum atomic E-state index is 12.6. The number of rotatable bonds is 7. The van der Waals surface area contributed by atoms with Crippen molar-refractivity contribution in [2.45, 2.75) is 65.3 Å². The van der Waals surface area contributed by atoms with Crippen LogP contribution in [0.25, 0.3) is 0 Å². The third-order valence-corrected chi connectivity index (χ3v) is 4.12. The summed E-state index contributed by atoms with van der Waals surface area (Å²) in [6.45, 7) is 9.69. The Labute approximate surface area is 104 Å². The second kappa shape index (κ2) is 6.12. The van der Waals surface area contributed by atoms with E-state index in [0.717, 1.165) is 24.8 Å². The summed E-state index contributed by atoms with van der Waals surface area (Å²) in [5.74, 6) is -0.711. The molecule has 1 aliphatic carbocycles. The molecule has 0 amide bonds. The molecule has 2 atom stereocenters. The van der Waals surface area contributed by atoms with E-state index in [4.69, 9.17) is 0 Å². The highest BCUT2D eigenvalue weighted by atomic mass is 19.3. The summed E-state index contributed by atoms with van der Waals surface area (Å²) < 4.78 is 25.3. The number of hydrogen-bond acceptors (Lipinski definition) is 1. The van der Waals surface area contributed by atoms with Crippen LogP contribution in [0.3, 0.4) is 0 Å². The molecule has 1 saturated carbocycles. The summed E-state index contributed by atoms with van der Waals surface area (Å²) in [5, 5.41) is 3.38. The molecule has 0 bridgehead atoms. The van der Waals surface area contributed by atoms with Crippen molar-refractivity contribution >= 4 is 0 Å². The van der Waals surface area contributed by atoms with E-state index in [-0.39, 0.29) is 18.8 Å². The Morgan fingerprint density at radius 1 is 1.12 bits per heavy atom. The number of nitrogens with one attached hydrogen (secondary N) is 1. The summed E-state index contributed by atoms with van der Waals surface area (Å²) >= 11 is 0. The predicted octanol–water partition coefficient (Wildman–Crippen LogP) is 4.08. The molecule has 1 rings (SSSR count). The second-order valence-electron chi connectivity index (χ2n) is 6.24. The molecule has 2 unspecified atom stereocenters. The normalized spacial score (nSPS) is 23.5. The van der Waals surface area contributed by atoms with Crippen molar-refractivity contribution in [2.24, 2.45) is 17.8 Å². The third kappa shape index (κ3) is 5.33. The SMILES string of the molecule is CC(CCC(C)C(C)C)NCC1CC(F)(F)C1. The average molecular weight is 247 g/mol. The smallest absolute Gasteiger partial charge is 0.248 e. The molecule has 0 heterocycles. The molecule has 0 aromatic heterocycles. The fraction of sp³-hybridized carbons (Fsp3) is 1.00. The van der Waals surface area contributed by atoms with E-state index in [9.17, 15) is 8.78 Å². The molecular formula is C14H27F2N. The molecular weight excluding hydrogens is 220 g/mol. The van der Waals surface area contributed by atoms with Gasteiger partial charge in [-0.2, -0.15) is 0 Å². The van der Waals surface area contributed by atoms with Gasteiger partial charge in [-0.1, -0.05) is 20.8 Å². The Hall–Kier alpha value is -0.180. The van der Waals surface area contributed by atoms with Crippen LogP contribution in [-0.4, -0.2) is 18.5 Å². The molecule has 1 N–H and O–H groups in total. The van der Waals surface area contributed by atoms with Crippen molar-refractivity contribution in [2.75, 3.05) is 6.54 Å². The van der Waals surface area contributed by atoms with Gasteiger partial charge in [0.2, 0.25) is 5.92 Å². The molecule has 0 radical (unpaired) electrons. The van der Waals surface area contributed by atoms with E-state index < -0.39 is 5.92 Å². The van der Waals surface area contributed by atoms with Crippen molar-refractivity contribution in [1.82, 2.24) is 5.32 Å². The van der Waals surface area contributed by atoms with E-state index in [2.05, 4.69) is 33.0 Å². The summed E-state index contributed by atoms with van der Waals surface area (Å²) in [4.78, 5) is 0. The first kappa shape index (κ1) is 14.9. The second-order valence-corrected chi connectivity index (χ2v) is 6.24. The van der Waals surface area contributed by atoms with E-state index in [1.807, 2.05) is 0 Å². The van der Waals surface area contributed by atoms with Gasteiger partial charge in [-0.3, -0.25) is 0 Å². The van der Waals surface area contributed by atoms with Gasteiger partial charge >= 0.3 is 0 Å². The van der Waals surface area contributed by atoms with Crippen LogP contribution in [0.1, 0.15) is 53.4 Å². The van der Waals surface area contributed by atoms with Crippen LogP contribution in [0.15, 0.2) is 0 Å². The van der Waals surface area contributed by atoms with Gasteiger partial charge in [-0.25, -0.2) is 8.78 Å². The van der Waals surface area contributed by atoms with Crippen LogP contribution < -0.4 is 5.32 Å². The first-order chi connectivity index (χ1) is 7.80. The minimum absolute atomic E-state index is 0.0785. The van der Waals surface area contributed by atoms with Crippen molar-refractivity contribution in [1.29, 1.82) is 0 Å². The number of hydrogen-bond donors (Lipinski definition) is 1. The number of halogens is 2. The highest BCUT2D eigenvalue weighted by Crippen LogP contribution is 2.41. The van der Waals surface area contributed by atoms with E-state index in [0.29, 0.717) is 6.04 Å². The molecule has 102 valence electrons. The Morgan fingerprint density at radius 2 is 1.71 bits per heavy atom. The lowest BCUT2D eigenvalue weighted by atomic mass is 9.81. The van der Waals surface area contributed by atoms with Crippen LogP contribution >= 0.6 is 0 Å².